The van der Waals surface area contributed by atoms with Gasteiger partial charge in [0, 0.05) is 5.39 Å². The fourth-order valence-electron chi connectivity index (χ4n) is 2.02. The molecule has 1 aromatic heterocycles. The van der Waals surface area contributed by atoms with Crippen molar-refractivity contribution in [2.24, 2.45) is 0 Å². The fraction of sp³-hybridized carbons (Fsp3) is 0.0667. The highest BCUT2D eigenvalue weighted by Crippen LogP contribution is 2.12. The molecule has 88 valence electrons. The van der Waals surface area contributed by atoms with Gasteiger partial charge in [0.2, 0.25) is 0 Å². The maximum atomic E-state index is 12.3. The van der Waals surface area contributed by atoms with Crippen LogP contribution in [0.3, 0.4) is 0 Å². The van der Waals surface area contributed by atoms with Crippen LogP contribution in [0.1, 0.15) is 5.56 Å². The van der Waals surface area contributed by atoms with Crippen LogP contribution < -0.4 is 5.56 Å². The molecule has 0 fully saturated rings. The standard InChI is InChI=1S/C15H12N2O/c1-11-7-8-14-12(9-11)10-16-17(15(14)18)13-5-3-2-4-6-13/h2-10H,1H3. The molecule has 3 heteroatoms. The van der Waals surface area contributed by atoms with Gasteiger partial charge < -0.3 is 0 Å². The average molecular weight is 236 g/mol. The number of hydrogen-bond acceptors (Lipinski definition) is 2. The number of nitrogens with zero attached hydrogens (tertiary/aromatic N) is 2. The van der Waals surface area contributed by atoms with Crippen molar-refractivity contribution in [1.29, 1.82) is 0 Å². The van der Waals surface area contributed by atoms with Crippen LogP contribution in [0.15, 0.2) is 59.5 Å². The van der Waals surface area contributed by atoms with Gasteiger partial charge in [0.05, 0.1) is 17.3 Å². The lowest BCUT2D eigenvalue weighted by Crippen LogP contribution is -2.20. The van der Waals surface area contributed by atoms with Crippen LogP contribution >= 0.6 is 0 Å². The molecule has 0 amide bonds. The zero-order valence-electron chi connectivity index (χ0n) is 10.00. The molecule has 0 radical (unpaired) electrons. The molecule has 0 aliphatic heterocycles. The lowest BCUT2D eigenvalue weighted by molar-refractivity contribution is 0.821. The first-order valence-electron chi connectivity index (χ1n) is 5.80. The molecule has 18 heavy (non-hydrogen) atoms. The summed E-state index contributed by atoms with van der Waals surface area (Å²) in [6, 6.07) is 15.2. The summed E-state index contributed by atoms with van der Waals surface area (Å²) in [7, 11) is 0. The second-order valence-corrected chi connectivity index (χ2v) is 4.29. The molecule has 0 N–H and O–H groups in total. The van der Waals surface area contributed by atoms with Gasteiger partial charge in [-0.2, -0.15) is 9.78 Å². The molecule has 0 aliphatic carbocycles. The van der Waals surface area contributed by atoms with Crippen molar-refractivity contribution in [2.75, 3.05) is 0 Å². The van der Waals surface area contributed by atoms with Crippen LogP contribution in [0.2, 0.25) is 0 Å². The van der Waals surface area contributed by atoms with E-state index in [1.807, 2.05) is 55.5 Å². The Bertz CT molecular complexity index is 760. The molecule has 0 atom stereocenters. The summed E-state index contributed by atoms with van der Waals surface area (Å²) in [5.41, 5.74) is 1.82. The van der Waals surface area contributed by atoms with Gasteiger partial charge in [-0.25, -0.2) is 0 Å². The number of fused-ring (bicyclic) bond motifs is 1. The van der Waals surface area contributed by atoms with E-state index in [1.54, 1.807) is 6.20 Å². The SMILES string of the molecule is Cc1ccc2c(=O)n(-c3ccccc3)ncc2c1. The first-order chi connectivity index (χ1) is 8.75. The fourth-order valence-corrected chi connectivity index (χ4v) is 2.02. The minimum atomic E-state index is -0.0845. The third kappa shape index (κ3) is 1.70. The summed E-state index contributed by atoms with van der Waals surface area (Å²) in [5.74, 6) is 0. The number of aromatic nitrogens is 2. The van der Waals surface area contributed by atoms with E-state index in [4.69, 9.17) is 0 Å². The predicted molar refractivity (Wildman–Crippen MR) is 72.1 cm³/mol. The first-order valence-corrected chi connectivity index (χ1v) is 5.80. The van der Waals surface area contributed by atoms with E-state index >= 15 is 0 Å². The third-order valence-corrected chi connectivity index (χ3v) is 2.94. The van der Waals surface area contributed by atoms with Crippen LogP contribution in [0, 0.1) is 6.92 Å². The Hall–Kier alpha value is -2.42. The Kier molecular flexibility index (Phi) is 2.45. The van der Waals surface area contributed by atoms with E-state index in [2.05, 4.69) is 5.10 Å². The predicted octanol–water partition coefficient (Wildman–Crippen LogP) is 2.69. The molecule has 0 saturated carbocycles. The minimum Gasteiger partial charge on any atom is -0.267 e. The minimum absolute atomic E-state index is 0.0845. The maximum Gasteiger partial charge on any atom is 0.279 e. The number of aryl methyl sites for hydroxylation is 1. The zero-order valence-corrected chi connectivity index (χ0v) is 10.00. The van der Waals surface area contributed by atoms with Crippen LogP contribution in [0.25, 0.3) is 16.5 Å². The van der Waals surface area contributed by atoms with Crippen molar-refractivity contribution in [3.8, 4) is 5.69 Å². The van der Waals surface area contributed by atoms with E-state index in [9.17, 15) is 4.79 Å². The maximum absolute atomic E-state index is 12.3. The van der Waals surface area contributed by atoms with E-state index in [0.29, 0.717) is 5.39 Å². The Balaban J connectivity index is 2.31. The molecule has 0 aliphatic rings. The van der Waals surface area contributed by atoms with Crippen LogP contribution in [-0.2, 0) is 0 Å². The van der Waals surface area contributed by atoms with Gasteiger partial charge in [0.1, 0.15) is 0 Å². The summed E-state index contributed by atoms with van der Waals surface area (Å²) in [6.07, 6.45) is 1.73. The molecular weight excluding hydrogens is 224 g/mol. The number of hydrogen-bond donors (Lipinski definition) is 0. The Morgan fingerprint density at radius 1 is 1.06 bits per heavy atom. The van der Waals surface area contributed by atoms with E-state index in [1.165, 1.54) is 4.68 Å². The van der Waals surface area contributed by atoms with Crippen molar-refractivity contribution in [3.63, 3.8) is 0 Å². The van der Waals surface area contributed by atoms with Gasteiger partial charge in [-0.05, 0) is 31.2 Å². The Morgan fingerprint density at radius 3 is 2.61 bits per heavy atom. The highest BCUT2D eigenvalue weighted by molar-refractivity contribution is 5.81. The molecule has 3 nitrogen and oxygen atoms in total. The Labute approximate surface area is 104 Å². The molecule has 3 rings (SSSR count). The lowest BCUT2D eigenvalue weighted by atomic mass is 10.1. The molecule has 0 saturated heterocycles. The molecular formula is C15H12N2O. The van der Waals surface area contributed by atoms with Gasteiger partial charge in [-0.15, -0.1) is 0 Å². The summed E-state index contributed by atoms with van der Waals surface area (Å²) in [5, 5.41) is 5.80. The normalized spacial score (nSPS) is 10.7. The van der Waals surface area contributed by atoms with Crippen LogP contribution in [0.5, 0.6) is 0 Å². The van der Waals surface area contributed by atoms with Gasteiger partial charge in [0.25, 0.3) is 5.56 Å². The highest BCUT2D eigenvalue weighted by Gasteiger charge is 2.05. The topological polar surface area (TPSA) is 34.9 Å². The van der Waals surface area contributed by atoms with E-state index < -0.39 is 0 Å². The van der Waals surface area contributed by atoms with Crippen LogP contribution in [0.4, 0.5) is 0 Å². The quantitative estimate of drug-likeness (QED) is 0.651. The largest absolute Gasteiger partial charge is 0.279 e. The Morgan fingerprint density at radius 2 is 1.83 bits per heavy atom. The number of benzene rings is 2. The summed E-state index contributed by atoms with van der Waals surface area (Å²) in [6.45, 7) is 2.00. The molecule has 0 unspecified atom stereocenters. The molecule has 3 aromatic rings. The van der Waals surface area contributed by atoms with Crippen molar-refractivity contribution in [3.05, 3.63) is 70.6 Å². The van der Waals surface area contributed by atoms with Crippen molar-refractivity contribution in [2.45, 2.75) is 6.92 Å². The molecule has 0 bridgehead atoms. The monoisotopic (exact) mass is 236 g/mol. The second-order valence-electron chi connectivity index (χ2n) is 4.29. The van der Waals surface area contributed by atoms with Gasteiger partial charge in [-0.3, -0.25) is 4.79 Å². The molecule has 0 spiro atoms. The molecule has 2 aromatic carbocycles. The second kappa shape index (κ2) is 4.11. The van der Waals surface area contributed by atoms with Crippen LogP contribution in [-0.4, -0.2) is 9.78 Å². The highest BCUT2D eigenvalue weighted by atomic mass is 16.1. The summed E-state index contributed by atoms with van der Waals surface area (Å²) < 4.78 is 1.43. The molecule has 1 heterocycles. The first kappa shape index (κ1) is 10.7. The third-order valence-electron chi connectivity index (χ3n) is 2.94. The van der Waals surface area contributed by atoms with Gasteiger partial charge in [0.15, 0.2) is 0 Å². The summed E-state index contributed by atoms with van der Waals surface area (Å²) in [4.78, 5) is 12.3. The van der Waals surface area contributed by atoms with E-state index in [0.717, 1.165) is 16.6 Å². The van der Waals surface area contributed by atoms with Crippen molar-refractivity contribution >= 4 is 10.8 Å². The van der Waals surface area contributed by atoms with Gasteiger partial charge in [-0.1, -0.05) is 29.8 Å². The zero-order chi connectivity index (χ0) is 12.5. The van der Waals surface area contributed by atoms with Crippen molar-refractivity contribution in [1.82, 2.24) is 9.78 Å². The van der Waals surface area contributed by atoms with E-state index in [-0.39, 0.29) is 5.56 Å². The average Bonchev–Trinajstić information content (AvgIpc) is 2.40. The number of rotatable bonds is 1. The summed E-state index contributed by atoms with van der Waals surface area (Å²) >= 11 is 0. The smallest absolute Gasteiger partial charge is 0.267 e. The van der Waals surface area contributed by atoms with Crippen molar-refractivity contribution < 1.29 is 0 Å². The lowest BCUT2D eigenvalue weighted by Gasteiger charge is -2.05. The van der Waals surface area contributed by atoms with Gasteiger partial charge >= 0.3 is 0 Å². The number of para-hydroxylation sites is 1.